The molecule has 64 valence electrons. The number of rotatable bonds is 2. The first-order valence-electron chi connectivity index (χ1n) is 4.25. The van der Waals surface area contributed by atoms with Crippen LogP contribution in [-0.2, 0) is 4.79 Å². The summed E-state index contributed by atoms with van der Waals surface area (Å²) in [7, 11) is 0. The number of carbonyl (C=O) groups excluding carboxylic acids is 1. The first-order chi connectivity index (χ1) is 5.84. The third kappa shape index (κ3) is 2.43. The van der Waals surface area contributed by atoms with E-state index in [1.54, 1.807) is 0 Å². The molecule has 1 aliphatic rings. The standard InChI is InChI=1S/C10H13NO/c1-2-8-11-10(12)9-6-4-3-5-7-9/h1,6H,3-5,7-8H2,(H,11,12). The minimum absolute atomic E-state index is 0.00708. The fraction of sp³-hybridized carbons (Fsp3) is 0.500. The van der Waals surface area contributed by atoms with Gasteiger partial charge in [0.25, 0.3) is 0 Å². The summed E-state index contributed by atoms with van der Waals surface area (Å²) >= 11 is 0. The van der Waals surface area contributed by atoms with E-state index in [0.717, 1.165) is 24.8 Å². The zero-order valence-electron chi connectivity index (χ0n) is 7.10. The summed E-state index contributed by atoms with van der Waals surface area (Å²) in [6.07, 6.45) is 11.3. The Bertz CT molecular complexity index is 235. The summed E-state index contributed by atoms with van der Waals surface area (Å²) in [5, 5.41) is 2.66. The largest absolute Gasteiger partial charge is 0.341 e. The number of terminal acetylenes is 1. The van der Waals surface area contributed by atoms with Crippen molar-refractivity contribution in [2.24, 2.45) is 0 Å². The lowest BCUT2D eigenvalue weighted by atomic mass is 9.99. The third-order valence-electron chi connectivity index (χ3n) is 1.93. The molecule has 0 bridgehead atoms. The van der Waals surface area contributed by atoms with Crippen molar-refractivity contribution in [3.05, 3.63) is 11.6 Å². The van der Waals surface area contributed by atoms with Gasteiger partial charge >= 0.3 is 0 Å². The highest BCUT2D eigenvalue weighted by Gasteiger charge is 2.10. The summed E-state index contributed by atoms with van der Waals surface area (Å²) in [4.78, 5) is 11.3. The van der Waals surface area contributed by atoms with Crippen LogP contribution in [0.3, 0.4) is 0 Å². The summed E-state index contributed by atoms with van der Waals surface area (Å²) < 4.78 is 0. The highest BCUT2D eigenvalue weighted by molar-refractivity contribution is 5.93. The molecule has 2 heteroatoms. The minimum Gasteiger partial charge on any atom is -0.341 e. The van der Waals surface area contributed by atoms with Crippen molar-refractivity contribution in [2.75, 3.05) is 6.54 Å². The van der Waals surface area contributed by atoms with Crippen LogP contribution in [-0.4, -0.2) is 12.5 Å². The quantitative estimate of drug-likeness (QED) is 0.610. The number of hydrogen-bond acceptors (Lipinski definition) is 1. The molecule has 0 aromatic rings. The minimum atomic E-state index is 0.00708. The molecule has 12 heavy (non-hydrogen) atoms. The van der Waals surface area contributed by atoms with Gasteiger partial charge in [-0.25, -0.2) is 0 Å². The second-order valence-corrected chi connectivity index (χ2v) is 2.86. The Morgan fingerprint density at radius 1 is 1.67 bits per heavy atom. The fourth-order valence-electron chi connectivity index (χ4n) is 1.29. The van der Waals surface area contributed by atoms with Gasteiger partial charge < -0.3 is 5.32 Å². The lowest BCUT2D eigenvalue weighted by molar-refractivity contribution is -0.117. The van der Waals surface area contributed by atoms with E-state index in [-0.39, 0.29) is 5.91 Å². The number of allylic oxidation sites excluding steroid dienone is 1. The van der Waals surface area contributed by atoms with Crippen molar-refractivity contribution in [3.63, 3.8) is 0 Å². The highest BCUT2D eigenvalue weighted by atomic mass is 16.1. The third-order valence-corrected chi connectivity index (χ3v) is 1.93. The van der Waals surface area contributed by atoms with Crippen LogP contribution in [0.15, 0.2) is 11.6 Å². The van der Waals surface area contributed by atoms with Crippen molar-refractivity contribution in [2.45, 2.75) is 25.7 Å². The van der Waals surface area contributed by atoms with E-state index in [1.165, 1.54) is 6.42 Å². The molecular formula is C10H13NO. The maximum Gasteiger partial charge on any atom is 0.247 e. The molecule has 0 saturated carbocycles. The van der Waals surface area contributed by atoms with Crippen LogP contribution in [0.1, 0.15) is 25.7 Å². The second-order valence-electron chi connectivity index (χ2n) is 2.86. The Morgan fingerprint density at radius 2 is 2.50 bits per heavy atom. The van der Waals surface area contributed by atoms with E-state index in [2.05, 4.69) is 11.2 Å². The van der Waals surface area contributed by atoms with Gasteiger partial charge in [0.15, 0.2) is 0 Å². The molecule has 0 aromatic carbocycles. The number of amides is 1. The van der Waals surface area contributed by atoms with E-state index in [0.29, 0.717) is 6.54 Å². The lowest BCUT2D eigenvalue weighted by Crippen LogP contribution is -2.25. The molecule has 2 nitrogen and oxygen atoms in total. The van der Waals surface area contributed by atoms with Gasteiger partial charge in [-0.15, -0.1) is 6.42 Å². The average Bonchev–Trinajstić information content (AvgIpc) is 2.15. The predicted molar refractivity (Wildman–Crippen MR) is 48.4 cm³/mol. The summed E-state index contributed by atoms with van der Waals surface area (Å²) in [5.41, 5.74) is 0.900. The van der Waals surface area contributed by atoms with Gasteiger partial charge in [-0.1, -0.05) is 12.0 Å². The topological polar surface area (TPSA) is 29.1 Å². The van der Waals surface area contributed by atoms with Crippen molar-refractivity contribution in [3.8, 4) is 12.3 Å². The Kier molecular flexibility index (Phi) is 3.40. The van der Waals surface area contributed by atoms with E-state index >= 15 is 0 Å². The van der Waals surface area contributed by atoms with Crippen LogP contribution in [0.5, 0.6) is 0 Å². The van der Waals surface area contributed by atoms with Gasteiger partial charge in [0.05, 0.1) is 6.54 Å². The predicted octanol–water partition coefficient (Wildman–Crippen LogP) is 1.24. The molecule has 0 atom stereocenters. The van der Waals surface area contributed by atoms with Crippen LogP contribution < -0.4 is 5.32 Å². The molecule has 1 amide bonds. The van der Waals surface area contributed by atoms with E-state index < -0.39 is 0 Å². The lowest BCUT2D eigenvalue weighted by Gasteiger charge is -2.11. The molecular weight excluding hydrogens is 150 g/mol. The molecule has 0 aliphatic heterocycles. The van der Waals surface area contributed by atoms with E-state index in [1.807, 2.05) is 6.08 Å². The SMILES string of the molecule is C#CCNC(=O)C1=CCCCC1. The molecule has 0 unspecified atom stereocenters. The highest BCUT2D eigenvalue weighted by Crippen LogP contribution is 2.16. The first kappa shape index (κ1) is 8.86. The Morgan fingerprint density at radius 3 is 3.08 bits per heavy atom. The Hall–Kier alpha value is -1.23. The second kappa shape index (κ2) is 4.61. The van der Waals surface area contributed by atoms with Gasteiger partial charge in [0.1, 0.15) is 0 Å². The molecule has 0 saturated heterocycles. The summed E-state index contributed by atoms with van der Waals surface area (Å²) in [6, 6.07) is 0. The number of nitrogens with one attached hydrogen (secondary N) is 1. The van der Waals surface area contributed by atoms with Gasteiger partial charge in [0.2, 0.25) is 5.91 Å². The van der Waals surface area contributed by atoms with Crippen LogP contribution in [0.2, 0.25) is 0 Å². The summed E-state index contributed by atoms with van der Waals surface area (Å²) in [6.45, 7) is 0.330. The van der Waals surface area contributed by atoms with Gasteiger partial charge in [0, 0.05) is 5.57 Å². The van der Waals surface area contributed by atoms with Crippen LogP contribution in [0, 0.1) is 12.3 Å². The van der Waals surface area contributed by atoms with Crippen molar-refractivity contribution in [1.29, 1.82) is 0 Å². The molecule has 0 radical (unpaired) electrons. The fourth-order valence-corrected chi connectivity index (χ4v) is 1.29. The molecule has 1 aliphatic carbocycles. The van der Waals surface area contributed by atoms with Crippen LogP contribution >= 0.6 is 0 Å². The Labute approximate surface area is 73.0 Å². The zero-order valence-corrected chi connectivity index (χ0v) is 7.10. The molecule has 1 rings (SSSR count). The molecule has 1 N–H and O–H groups in total. The van der Waals surface area contributed by atoms with Crippen LogP contribution in [0.25, 0.3) is 0 Å². The van der Waals surface area contributed by atoms with E-state index in [9.17, 15) is 4.79 Å². The smallest absolute Gasteiger partial charge is 0.247 e. The normalized spacial score (nSPS) is 16.1. The molecule has 0 fully saturated rings. The molecule has 0 spiro atoms. The average molecular weight is 163 g/mol. The van der Waals surface area contributed by atoms with Crippen molar-refractivity contribution < 1.29 is 4.79 Å². The van der Waals surface area contributed by atoms with E-state index in [4.69, 9.17) is 6.42 Å². The summed E-state index contributed by atoms with van der Waals surface area (Å²) in [5.74, 6) is 2.39. The van der Waals surface area contributed by atoms with Crippen molar-refractivity contribution >= 4 is 5.91 Å². The van der Waals surface area contributed by atoms with Gasteiger partial charge in [-0.05, 0) is 25.7 Å². The van der Waals surface area contributed by atoms with Gasteiger partial charge in [-0.2, -0.15) is 0 Å². The monoisotopic (exact) mass is 163 g/mol. The Balaban J connectivity index is 2.41. The van der Waals surface area contributed by atoms with Crippen LogP contribution in [0.4, 0.5) is 0 Å². The first-order valence-corrected chi connectivity index (χ1v) is 4.25. The zero-order chi connectivity index (χ0) is 8.81. The van der Waals surface area contributed by atoms with Crippen molar-refractivity contribution in [1.82, 2.24) is 5.32 Å². The molecule has 0 heterocycles. The number of hydrogen-bond donors (Lipinski definition) is 1. The number of carbonyl (C=O) groups is 1. The molecule has 0 aromatic heterocycles. The van der Waals surface area contributed by atoms with Gasteiger partial charge in [-0.3, -0.25) is 4.79 Å². The maximum absolute atomic E-state index is 11.3. The maximum atomic E-state index is 11.3.